The molecule has 0 spiro atoms. The molecule has 2 aromatic rings. The molecule has 0 aliphatic carbocycles. The molecule has 20 heavy (non-hydrogen) atoms. The number of rotatable bonds is 4. The van der Waals surface area contributed by atoms with Gasteiger partial charge in [-0.2, -0.15) is 0 Å². The van der Waals surface area contributed by atoms with Crippen molar-refractivity contribution in [3.63, 3.8) is 0 Å². The minimum absolute atomic E-state index is 0.659. The SMILES string of the molecule is CCc1cccc(C)c1NC(=S)N(C)Cc1ccco1. The van der Waals surface area contributed by atoms with Crippen LogP contribution in [-0.4, -0.2) is 17.1 Å². The first-order valence-corrected chi connectivity index (χ1v) is 7.15. The molecule has 0 radical (unpaired) electrons. The number of nitrogens with one attached hydrogen (secondary N) is 1. The number of hydrogen-bond donors (Lipinski definition) is 1. The normalized spacial score (nSPS) is 10.3. The zero-order valence-corrected chi connectivity index (χ0v) is 13.0. The van der Waals surface area contributed by atoms with Crippen LogP contribution in [0.3, 0.4) is 0 Å². The van der Waals surface area contributed by atoms with E-state index in [1.807, 2.05) is 24.1 Å². The summed E-state index contributed by atoms with van der Waals surface area (Å²) in [6, 6.07) is 10.1. The van der Waals surface area contributed by atoms with Crippen molar-refractivity contribution in [2.24, 2.45) is 0 Å². The Kier molecular flexibility index (Phi) is 4.79. The maximum absolute atomic E-state index is 5.47. The lowest BCUT2D eigenvalue weighted by Crippen LogP contribution is -2.31. The van der Waals surface area contributed by atoms with Crippen LogP contribution in [0.4, 0.5) is 5.69 Å². The molecule has 3 nitrogen and oxygen atoms in total. The Bertz CT molecular complexity index is 578. The van der Waals surface area contributed by atoms with Gasteiger partial charge in [0.1, 0.15) is 5.76 Å². The van der Waals surface area contributed by atoms with E-state index in [9.17, 15) is 0 Å². The summed E-state index contributed by atoms with van der Waals surface area (Å²) in [6.45, 7) is 4.90. The molecule has 0 saturated heterocycles. The molecule has 1 aromatic heterocycles. The van der Waals surface area contributed by atoms with Crippen molar-refractivity contribution in [1.29, 1.82) is 0 Å². The average Bonchev–Trinajstić information content (AvgIpc) is 2.93. The van der Waals surface area contributed by atoms with Crippen LogP contribution >= 0.6 is 12.2 Å². The van der Waals surface area contributed by atoms with E-state index in [1.165, 1.54) is 11.1 Å². The van der Waals surface area contributed by atoms with Gasteiger partial charge in [0.15, 0.2) is 5.11 Å². The minimum Gasteiger partial charge on any atom is -0.467 e. The van der Waals surface area contributed by atoms with Gasteiger partial charge in [-0.1, -0.05) is 25.1 Å². The number of aryl methyl sites for hydroxylation is 2. The number of hydrogen-bond acceptors (Lipinski definition) is 2. The molecule has 0 saturated carbocycles. The second-order valence-electron chi connectivity index (χ2n) is 4.83. The summed E-state index contributed by atoms with van der Waals surface area (Å²) in [7, 11) is 1.96. The molecule has 4 heteroatoms. The molecule has 0 aliphatic rings. The first-order chi connectivity index (χ1) is 9.61. The summed E-state index contributed by atoms with van der Waals surface area (Å²) in [5.74, 6) is 0.900. The molecular formula is C16H20N2OS. The van der Waals surface area contributed by atoms with Crippen LogP contribution in [0.1, 0.15) is 23.8 Å². The Morgan fingerprint density at radius 2 is 2.10 bits per heavy atom. The molecule has 1 aromatic carbocycles. The van der Waals surface area contributed by atoms with Gasteiger partial charge in [0.05, 0.1) is 12.8 Å². The van der Waals surface area contributed by atoms with Crippen molar-refractivity contribution >= 4 is 23.0 Å². The molecule has 0 atom stereocenters. The quantitative estimate of drug-likeness (QED) is 0.861. The van der Waals surface area contributed by atoms with E-state index in [1.54, 1.807) is 6.26 Å². The number of thiocarbonyl (C=S) groups is 1. The fraction of sp³-hybridized carbons (Fsp3) is 0.312. The lowest BCUT2D eigenvalue weighted by atomic mass is 10.1. The molecule has 0 fully saturated rings. The van der Waals surface area contributed by atoms with Gasteiger partial charge in [0.2, 0.25) is 0 Å². The highest BCUT2D eigenvalue weighted by Crippen LogP contribution is 2.21. The lowest BCUT2D eigenvalue weighted by Gasteiger charge is -2.22. The summed E-state index contributed by atoms with van der Waals surface area (Å²) < 4.78 is 5.34. The lowest BCUT2D eigenvalue weighted by molar-refractivity contribution is 0.414. The van der Waals surface area contributed by atoms with Crippen LogP contribution in [0.25, 0.3) is 0 Å². The smallest absolute Gasteiger partial charge is 0.173 e. The van der Waals surface area contributed by atoms with Crippen molar-refractivity contribution in [3.8, 4) is 0 Å². The molecule has 0 bridgehead atoms. The van der Waals surface area contributed by atoms with Crippen molar-refractivity contribution < 1.29 is 4.42 Å². The molecule has 1 N–H and O–H groups in total. The Hall–Kier alpha value is -1.81. The Morgan fingerprint density at radius 3 is 2.75 bits per heavy atom. The van der Waals surface area contributed by atoms with Gasteiger partial charge in [-0.05, 0) is 48.8 Å². The van der Waals surface area contributed by atoms with E-state index in [4.69, 9.17) is 16.6 Å². The summed E-state index contributed by atoms with van der Waals surface area (Å²) in [5.41, 5.74) is 3.60. The zero-order valence-electron chi connectivity index (χ0n) is 12.1. The molecule has 0 aliphatic heterocycles. The standard InChI is InChI=1S/C16H20N2OS/c1-4-13-8-5-7-12(2)15(13)17-16(20)18(3)11-14-9-6-10-19-14/h5-10H,4,11H2,1-3H3,(H,17,20). The van der Waals surface area contributed by atoms with E-state index < -0.39 is 0 Å². The largest absolute Gasteiger partial charge is 0.467 e. The van der Waals surface area contributed by atoms with E-state index in [0.29, 0.717) is 11.7 Å². The number of benzene rings is 1. The van der Waals surface area contributed by atoms with Crippen LogP contribution in [0.5, 0.6) is 0 Å². The Balaban J connectivity index is 2.08. The van der Waals surface area contributed by atoms with Crippen molar-refractivity contribution in [2.45, 2.75) is 26.8 Å². The molecule has 0 unspecified atom stereocenters. The monoisotopic (exact) mass is 288 g/mol. The van der Waals surface area contributed by atoms with Crippen LogP contribution in [0, 0.1) is 6.92 Å². The second-order valence-corrected chi connectivity index (χ2v) is 5.21. The minimum atomic E-state index is 0.659. The maximum atomic E-state index is 5.47. The number of furan rings is 1. The predicted molar refractivity (Wildman–Crippen MR) is 87.0 cm³/mol. The van der Waals surface area contributed by atoms with Gasteiger partial charge >= 0.3 is 0 Å². The zero-order chi connectivity index (χ0) is 14.5. The maximum Gasteiger partial charge on any atom is 0.173 e. The summed E-state index contributed by atoms with van der Waals surface area (Å²) in [6.07, 6.45) is 2.66. The topological polar surface area (TPSA) is 28.4 Å². The first kappa shape index (κ1) is 14.6. The molecule has 0 amide bonds. The highest BCUT2D eigenvalue weighted by molar-refractivity contribution is 7.80. The van der Waals surface area contributed by atoms with Gasteiger partial charge in [0.25, 0.3) is 0 Å². The van der Waals surface area contributed by atoms with Crippen molar-refractivity contribution in [3.05, 3.63) is 53.5 Å². The molecular weight excluding hydrogens is 268 g/mol. The highest BCUT2D eigenvalue weighted by atomic mass is 32.1. The Labute approximate surface area is 125 Å². The number of anilines is 1. The highest BCUT2D eigenvalue weighted by Gasteiger charge is 2.10. The predicted octanol–water partition coefficient (Wildman–Crippen LogP) is 3.98. The average molecular weight is 288 g/mol. The first-order valence-electron chi connectivity index (χ1n) is 6.74. The third-order valence-corrected chi connectivity index (χ3v) is 3.71. The van der Waals surface area contributed by atoms with Crippen LogP contribution < -0.4 is 5.32 Å². The van der Waals surface area contributed by atoms with Crippen LogP contribution in [0.15, 0.2) is 41.0 Å². The van der Waals surface area contributed by atoms with Gasteiger partial charge in [0, 0.05) is 12.7 Å². The summed E-state index contributed by atoms with van der Waals surface area (Å²) in [5, 5.41) is 4.06. The van der Waals surface area contributed by atoms with Gasteiger partial charge < -0.3 is 14.6 Å². The van der Waals surface area contributed by atoms with E-state index in [-0.39, 0.29) is 0 Å². The van der Waals surface area contributed by atoms with Crippen molar-refractivity contribution in [1.82, 2.24) is 4.90 Å². The third kappa shape index (κ3) is 3.39. The van der Waals surface area contributed by atoms with E-state index in [2.05, 4.69) is 37.4 Å². The molecule has 106 valence electrons. The summed E-state index contributed by atoms with van der Waals surface area (Å²) in [4.78, 5) is 1.97. The van der Waals surface area contributed by atoms with Gasteiger partial charge in [-0.25, -0.2) is 0 Å². The molecule has 1 heterocycles. The molecule has 2 rings (SSSR count). The number of nitrogens with zero attached hydrogens (tertiary/aromatic N) is 1. The fourth-order valence-corrected chi connectivity index (χ4v) is 2.28. The second kappa shape index (κ2) is 6.57. The Morgan fingerprint density at radius 1 is 1.30 bits per heavy atom. The summed E-state index contributed by atoms with van der Waals surface area (Å²) >= 11 is 5.47. The van der Waals surface area contributed by atoms with E-state index >= 15 is 0 Å². The fourth-order valence-electron chi connectivity index (χ4n) is 2.11. The van der Waals surface area contributed by atoms with E-state index in [0.717, 1.165) is 17.9 Å². The van der Waals surface area contributed by atoms with Gasteiger partial charge in [-0.15, -0.1) is 0 Å². The van der Waals surface area contributed by atoms with Crippen molar-refractivity contribution in [2.75, 3.05) is 12.4 Å². The van der Waals surface area contributed by atoms with Crippen LogP contribution in [0.2, 0.25) is 0 Å². The van der Waals surface area contributed by atoms with Crippen LogP contribution in [-0.2, 0) is 13.0 Å². The third-order valence-electron chi connectivity index (χ3n) is 3.29. The van der Waals surface area contributed by atoms with Gasteiger partial charge in [-0.3, -0.25) is 0 Å². The number of para-hydroxylation sites is 1.